The molecule has 3 aromatic rings. The molecule has 8 nitrogen and oxygen atoms in total. The van der Waals surface area contributed by atoms with Crippen LogP contribution < -0.4 is 19.7 Å². The van der Waals surface area contributed by atoms with Gasteiger partial charge in [-0.2, -0.15) is 13.2 Å². The van der Waals surface area contributed by atoms with E-state index in [0.29, 0.717) is 5.56 Å². The highest BCUT2D eigenvalue weighted by Gasteiger charge is 2.37. The number of benzene rings is 2. The third kappa shape index (κ3) is 6.40. The van der Waals surface area contributed by atoms with Gasteiger partial charge < -0.3 is 15.4 Å². The Hall–Kier alpha value is -4.01. The van der Waals surface area contributed by atoms with Crippen LogP contribution in [0.2, 0.25) is 0 Å². The third-order valence-electron chi connectivity index (χ3n) is 6.46. The maximum atomic E-state index is 13.9. The molecule has 0 saturated heterocycles. The summed E-state index contributed by atoms with van der Waals surface area (Å²) < 4.78 is 111. The number of nitrogens with zero attached hydrogens (tertiary/aromatic N) is 2. The van der Waals surface area contributed by atoms with Crippen molar-refractivity contribution in [2.24, 2.45) is 0 Å². The summed E-state index contributed by atoms with van der Waals surface area (Å²) in [7, 11) is -4.54. The highest BCUT2D eigenvalue weighted by atomic mass is 32.2. The molecular weight excluding hydrogens is 590 g/mol. The number of rotatable bonds is 6. The number of hydrogen-bond acceptors (Lipinski definition) is 6. The standard InChI is InChI=1S/C27H26F6N4O4S/c1-15(2)34-24(38)25(3,4)17-6-11-20-21(13-17)37(14-16-5-12-22(26(28,29)30)36-23(16)35-20)42(39,40)19-9-7-18(8-10-19)41-27(31,32)33/h5-13,15H,14H2,1-4H3,(H,34,38)(H,35,36). The van der Waals surface area contributed by atoms with Gasteiger partial charge in [0.05, 0.1) is 28.2 Å². The van der Waals surface area contributed by atoms with Gasteiger partial charge in [-0.25, -0.2) is 13.4 Å². The second-order valence-electron chi connectivity index (χ2n) is 10.3. The van der Waals surface area contributed by atoms with Crippen molar-refractivity contribution in [2.45, 2.75) is 63.1 Å². The smallest absolute Gasteiger partial charge is 0.406 e. The Morgan fingerprint density at radius 2 is 1.64 bits per heavy atom. The Morgan fingerprint density at radius 3 is 2.21 bits per heavy atom. The molecule has 0 aliphatic carbocycles. The second kappa shape index (κ2) is 10.7. The van der Waals surface area contributed by atoms with Gasteiger partial charge in [0, 0.05) is 11.6 Å². The van der Waals surface area contributed by atoms with Crippen molar-refractivity contribution in [3.8, 4) is 5.75 Å². The molecule has 2 N–H and O–H groups in total. The van der Waals surface area contributed by atoms with Gasteiger partial charge in [0.1, 0.15) is 17.3 Å². The summed E-state index contributed by atoms with van der Waals surface area (Å²) in [4.78, 5) is 16.2. The molecule has 4 rings (SSSR count). The Bertz CT molecular complexity index is 1600. The van der Waals surface area contributed by atoms with Gasteiger partial charge in [-0.05, 0) is 75.7 Å². The lowest BCUT2D eigenvalue weighted by atomic mass is 9.83. The Morgan fingerprint density at radius 1 is 1.00 bits per heavy atom. The van der Waals surface area contributed by atoms with Crippen molar-refractivity contribution < 1.29 is 44.3 Å². The van der Waals surface area contributed by atoms with Crippen LogP contribution in [0.5, 0.6) is 5.75 Å². The van der Waals surface area contributed by atoms with Crippen molar-refractivity contribution in [1.82, 2.24) is 10.3 Å². The van der Waals surface area contributed by atoms with Crippen LogP contribution in [0.4, 0.5) is 43.5 Å². The van der Waals surface area contributed by atoms with Crippen molar-refractivity contribution >= 4 is 33.1 Å². The summed E-state index contributed by atoms with van der Waals surface area (Å²) in [6.45, 7) is 6.31. The molecule has 1 aromatic heterocycles. The molecule has 0 spiro atoms. The number of ether oxygens (including phenoxy) is 1. The van der Waals surface area contributed by atoms with Gasteiger partial charge in [-0.1, -0.05) is 12.1 Å². The van der Waals surface area contributed by atoms with Crippen LogP contribution in [0.15, 0.2) is 59.5 Å². The van der Waals surface area contributed by atoms with Gasteiger partial charge in [-0.3, -0.25) is 9.10 Å². The highest BCUT2D eigenvalue weighted by molar-refractivity contribution is 7.92. The number of halogens is 6. The first-order chi connectivity index (χ1) is 19.3. The lowest BCUT2D eigenvalue weighted by Gasteiger charge is -2.29. The predicted octanol–water partition coefficient (Wildman–Crippen LogP) is 6.25. The van der Waals surface area contributed by atoms with E-state index in [0.717, 1.165) is 40.7 Å². The number of nitrogens with one attached hydrogen (secondary N) is 2. The van der Waals surface area contributed by atoms with Gasteiger partial charge >= 0.3 is 12.5 Å². The van der Waals surface area contributed by atoms with Crippen LogP contribution in [0.25, 0.3) is 0 Å². The van der Waals surface area contributed by atoms with Crippen LogP contribution in [0.1, 0.15) is 44.5 Å². The number of aromatic nitrogens is 1. The SMILES string of the molecule is CC(C)NC(=O)C(C)(C)c1ccc2c(c1)N(S(=O)(=O)c1ccc(OC(F)(F)F)cc1)Cc1ccc(C(F)(F)F)nc1N2. The zero-order valence-electron chi connectivity index (χ0n) is 22.7. The second-order valence-corrected chi connectivity index (χ2v) is 12.2. The minimum atomic E-state index is -4.99. The first-order valence-corrected chi connectivity index (χ1v) is 13.9. The molecule has 0 fully saturated rings. The quantitative estimate of drug-likeness (QED) is 0.318. The lowest BCUT2D eigenvalue weighted by Crippen LogP contribution is -2.43. The fourth-order valence-electron chi connectivity index (χ4n) is 4.21. The summed E-state index contributed by atoms with van der Waals surface area (Å²) in [6, 6.07) is 9.52. The summed E-state index contributed by atoms with van der Waals surface area (Å²) in [6.07, 6.45) is -9.76. The molecule has 1 amide bonds. The van der Waals surface area contributed by atoms with Gasteiger partial charge in [0.25, 0.3) is 10.0 Å². The fourth-order valence-corrected chi connectivity index (χ4v) is 5.66. The first-order valence-electron chi connectivity index (χ1n) is 12.5. The van der Waals surface area contributed by atoms with E-state index in [1.807, 2.05) is 0 Å². The normalized spacial score (nSPS) is 14.0. The fraction of sp³-hybridized carbons (Fsp3) is 0.333. The van der Waals surface area contributed by atoms with E-state index in [4.69, 9.17) is 0 Å². The maximum absolute atomic E-state index is 13.9. The number of anilines is 3. The van der Waals surface area contributed by atoms with Gasteiger partial charge in [-0.15, -0.1) is 13.2 Å². The van der Waals surface area contributed by atoms with E-state index in [2.05, 4.69) is 20.4 Å². The van der Waals surface area contributed by atoms with Crippen molar-refractivity contribution in [3.05, 3.63) is 71.4 Å². The summed E-state index contributed by atoms with van der Waals surface area (Å²) in [5.74, 6) is -1.23. The Labute approximate surface area is 237 Å². The number of carbonyl (C=O) groups is 1. The van der Waals surface area contributed by atoms with E-state index >= 15 is 0 Å². The highest BCUT2D eigenvalue weighted by Crippen LogP contribution is 2.42. The first kappa shape index (κ1) is 30.9. The number of pyridine rings is 1. The number of fused-ring (bicyclic) bond motifs is 2. The van der Waals surface area contributed by atoms with Crippen LogP contribution in [-0.4, -0.2) is 31.7 Å². The van der Waals surface area contributed by atoms with Crippen molar-refractivity contribution in [1.29, 1.82) is 0 Å². The Balaban J connectivity index is 1.86. The maximum Gasteiger partial charge on any atom is 0.573 e. The molecule has 15 heteroatoms. The molecular formula is C27H26F6N4O4S. The molecule has 0 bridgehead atoms. The summed E-state index contributed by atoms with van der Waals surface area (Å²) in [5, 5.41) is 5.58. The average molecular weight is 617 g/mol. The number of sulfonamides is 1. The van der Waals surface area contributed by atoms with E-state index in [1.54, 1.807) is 33.8 Å². The molecule has 1 aliphatic heterocycles. The largest absolute Gasteiger partial charge is 0.573 e. The average Bonchev–Trinajstić information content (AvgIpc) is 3.03. The van der Waals surface area contributed by atoms with E-state index < -0.39 is 50.9 Å². The topological polar surface area (TPSA) is 101 Å². The number of hydrogen-bond donors (Lipinski definition) is 2. The van der Waals surface area contributed by atoms with Crippen LogP contribution in [-0.2, 0) is 33.0 Å². The van der Waals surface area contributed by atoms with E-state index in [9.17, 15) is 39.6 Å². The predicted molar refractivity (Wildman–Crippen MR) is 142 cm³/mol. The molecule has 2 aromatic carbocycles. The van der Waals surface area contributed by atoms with Crippen molar-refractivity contribution in [3.63, 3.8) is 0 Å². The minimum Gasteiger partial charge on any atom is -0.406 e. The summed E-state index contributed by atoms with van der Waals surface area (Å²) >= 11 is 0. The van der Waals surface area contributed by atoms with Crippen LogP contribution >= 0.6 is 0 Å². The minimum absolute atomic E-state index is 0.0138. The van der Waals surface area contributed by atoms with Gasteiger partial charge in [0.15, 0.2) is 0 Å². The lowest BCUT2D eigenvalue weighted by molar-refractivity contribution is -0.274. The monoisotopic (exact) mass is 616 g/mol. The molecule has 2 heterocycles. The molecule has 1 aliphatic rings. The zero-order valence-corrected chi connectivity index (χ0v) is 23.5. The number of alkyl halides is 6. The molecule has 226 valence electrons. The molecule has 0 atom stereocenters. The molecule has 0 unspecified atom stereocenters. The van der Waals surface area contributed by atoms with E-state index in [1.165, 1.54) is 12.1 Å². The van der Waals surface area contributed by atoms with Crippen LogP contribution in [0, 0.1) is 0 Å². The summed E-state index contributed by atoms with van der Waals surface area (Å²) in [5.41, 5.74) is -1.81. The van der Waals surface area contributed by atoms with Crippen molar-refractivity contribution in [2.75, 3.05) is 9.62 Å². The Kier molecular flexibility index (Phi) is 7.86. The number of amides is 1. The molecule has 42 heavy (non-hydrogen) atoms. The zero-order chi connectivity index (χ0) is 31.3. The van der Waals surface area contributed by atoms with Gasteiger partial charge in [0.2, 0.25) is 5.91 Å². The van der Waals surface area contributed by atoms with E-state index in [-0.39, 0.29) is 34.7 Å². The molecule has 0 radical (unpaired) electrons. The number of carbonyl (C=O) groups excluding carboxylic acids is 1. The van der Waals surface area contributed by atoms with Crippen LogP contribution in [0.3, 0.4) is 0 Å². The molecule has 0 saturated carbocycles. The third-order valence-corrected chi connectivity index (χ3v) is 8.23.